The fourth-order valence-electron chi connectivity index (χ4n) is 1.50. The van der Waals surface area contributed by atoms with Crippen LogP contribution in [0.4, 0.5) is 5.69 Å². The summed E-state index contributed by atoms with van der Waals surface area (Å²) in [4.78, 5) is 4.28. The second-order valence-corrected chi connectivity index (χ2v) is 4.81. The molecule has 0 aliphatic heterocycles. The lowest BCUT2D eigenvalue weighted by Crippen LogP contribution is -2.07. The fourth-order valence-corrected chi connectivity index (χ4v) is 2.33. The molecule has 0 saturated heterocycles. The van der Waals surface area contributed by atoms with Gasteiger partial charge in [-0.2, -0.15) is 0 Å². The normalized spacial score (nSPS) is 12.4. The summed E-state index contributed by atoms with van der Waals surface area (Å²) in [6.45, 7) is 4.08. The van der Waals surface area contributed by atoms with Crippen LogP contribution in [-0.4, -0.2) is 4.98 Å². The van der Waals surface area contributed by atoms with Crippen molar-refractivity contribution in [2.45, 2.75) is 19.9 Å². The quantitative estimate of drug-likeness (QED) is 0.882. The van der Waals surface area contributed by atoms with Gasteiger partial charge in [-0.25, -0.2) is 4.98 Å². The van der Waals surface area contributed by atoms with Gasteiger partial charge in [-0.15, -0.1) is 11.3 Å². The van der Waals surface area contributed by atoms with E-state index >= 15 is 0 Å². The van der Waals surface area contributed by atoms with Gasteiger partial charge in [0.15, 0.2) is 0 Å². The van der Waals surface area contributed by atoms with E-state index in [4.69, 9.17) is 11.6 Å². The summed E-state index contributed by atoms with van der Waals surface area (Å²) in [6, 6.07) is 6.15. The molecule has 0 aliphatic carbocycles. The summed E-state index contributed by atoms with van der Waals surface area (Å²) in [6.07, 6.45) is 0. The zero-order chi connectivity index (χ0) is 11.5. The highest BCUT2D eigenvalue weighted by Gasteiger charge is 2.09. The van der Waals surface area contributed by atoms with Crippen LogP contribution in [0.25, 0.3) is 0 Å². The molecule has 0 radical (unpaired) electrons. The number of nitrogens with zero attached hydrogens (tertiary/aromatic N) is 1. The largest absolute Gasteiger partial charge is 0.376 e. The van der Waals surface area contributed by atoms with Crippen molar-refractivity contribution >= 4 is 28.6 Å². The lowest BCUT2D eigenvalue weighted by molar-refractivity contribution is 0.850. The van der Waals surface area contributed by atoms with Crippen molar-refractivity contribution in [3.05, 3.63) is 45.4 Å². The molecule has 0 aliphatic rings. The third-order valence-corrected chi connectivity index (χ3v) is 3.57. The number of hydrogen-bond acceptors (Lipinski definition) is 3. The van der Waals surface area contributed by atoms with E-state index in [1.807, 2.05) is 36.0 Å². The summed E-state index contributed by atoms with van der Waals surface area (Å²) in [5, 5.41) is 6.19. The molecule has 1 aromatic carbocycles. The number of aryl methyl sites for hydroxylation is 1. The summed E-state index contributed by atoms with van der Waals surface area (Å²) in [5.74, 6) is 0. The van der Waals surface area contributed by atoms with Gasteiger partial charge >= 0.3 is 0 Å². The summed E-state index contributed by atoms with van der Waals surface area (Å²) in [7, 11) is 0. The number of aromatic nitrogens is 1. The Kier molecular flexibility index (Phi) is 3.46. The first kappa shape index (κ1) is 11.4. The van der Waals surface area contributed by atoms with E-state index in [1.54, 1.807) is 11.3 Å². The Morgan fingerprint density at radius 1 is 1.44 bits per heavy atom. The van der Waals surface area contributed by atoms with E-state index in [-0.39, 0.29) is 6.04 Å². The van der Waals surface area contributed by atoms with Gasteiger partial charge in [-0.05, 0) is 25.5 Å². The van der Waals surface area contributed by atoms with Crippen LogP contribution in [0.3, 0.4) is 0 Å². The van der Waals surface area contributed by atoms with Crippen LogP contribution < -0.4 is 5.32 Å². The number of rotatable bonds is 3. The van der Waals surface area contributed by atoms with E-state index in [0.717, 1.165) is 22.0 Å². The number of nitrogens with one attached hydrogen (secondary N) is 1. The average Bonchev–Trinajstić information content (AvgIpc) is 2.78. The molecule has 2 nitrogen and oxygen atoms in total. The molecule has 4 heteroatoms. The van der Waals surface area contributed by atoms with E-state index in [9.17, 15) is 0 Å². The molecule has 0 spiro atoms. The van der Waals surface area contributed by atoms with Crippen molar-refractivity contribution in [1.82, 2.24) is 4.98 Å². The van der Waals surface area contributed by atoms with Crippen molar-refractivity contribution in [3.63, 3.8) is 0 Å². The first-order valence-electron chi connectivity index (χ1n) is 5.08. The van der Waals surface area contributed by atoms with Crippen molar-refractivity contribution in [3.8, 4) is 0 Å². The SMILES string of the molecule is Cc1cccc(NC(C)c2cscn2)c1Cl. The van der Waals surface area contributed by atoms with Crippen LogP contribution in [0.5, 0.6) is 0 Å². The van der Waals surface area contributed by atoms with Gasteiger partial charge in [-0.1, -0.05) is 23.7 Å². The van der Waals surface area contributed by atoms with Gasteiger partial charge in [0, 0.05) is 5.38 Å². The second-order valence-electron chi connectivity index (χ2n) is 3.72. The molecule has 0 bridgehead atoms. The predicted molar refractivity (Wildman–Crippen MR) is 70.3 cm³/mol. The van der Waals surface area contributed by atoms with Gasteiger partial charge in [-0.3, -0.25) is 0 Å². The zero-order valence-electron chi connectivity index (χ0n) is 9.20. The number of hydrogen-bond donors (Lipinski definition) is 1. The topological polar surface area (TPSA) is 24.9 Å². The Bertz CT molecular complexity index is 468. The van der Waals surface area contributed by atoms with Gasteiger partial charge < -0.3 is 5.32 Å². The molecule has 2 rings (SSSR count). The van der Waals surface area contributed by atoms with Crippen LogP contribution in [0.15, 0.2) is 29.1 Å². The third kappa shape index (κ3) is 2.36. The van der Waals surface area contributed by atoms with Gasteiger partial charge in [0.05, 0.1) is 28.0 Å². The Balaban J connectivity index is 2.18. The Labute approximate surface area is 104 Å². The maximum atomic E-state index is 6.22. The van der Waals surface area contributed by atoms with Gasteiger partial charge in [0.25, 0.3) is 0 Å². The molecule has 0 fully saturated rings. The van der Waals surface area contributed by atoms with Crippen LogP contribution in [0.1, 0.15) is 24.2 Å². The predicted octanol–water partition coefficient (Wildman–Crippen LogP) is 4.28. The maximum absolute atomic E-state index is 6.22. The first-order chi connectivity index (χ1) is 7.68. The van der Waals surface area contributed by atoms with E-state index in [2.05, 4.69) is 17.2 Å². The highest BCUT2D eigenvalue weighted by atomic mass is 35.5. The lowest BCUT2D eigenvalue weighted by atomic mass is 10.2. The minimum absolute atomic E-state index is 0.172. The van der Waals surface area contributed by atoms with Crippen molar-refractivity contribution in [2.75, 3.05) is 5.32 Å². The first-order valence-corrected chi connectivity index (χ1v) is 6.40. The highest BCUT2D eigenvalue weighted by Crippen LogP contribution is 2.28. The molecular formula is C12H13ClN2S. The standard InChI is InChI=1S/C12H13ClN2S/c1-8-4-3-5-10(12(8)13)15-9(2)11-6-16-7-14-11/h3-7,9,15H,1-2H3. The number of thiazole rings is 1. The summed E-state index contributed by atoms with van der Waals surface area (Å²) >= 11 is 7.82. The molecule has 1 atom stereocenters. The fraction of sp³-hybridized carbons (Fsp3) is 0.250. The molecule has 84 valence electrons. The van der Waals surface area contributed by atoms with Crippen molar-refractivity contribution in [1.29, 1.82) is 0 Å². The summed E-state index contributed by atoms with van der Waals surface area (Å²) in [5.41, 5.74) is 4.92. The number of anilines is 1. The Hall–Kier alpha value is -1.06. The third-order valence-electron chi connectivity index (χ3n) is 2.46. The van der Waals surface area contributed by atoms with Crippen LogP contribution in [-0.2, 0) is 0 Å². The van der Waals surface area contributed by atoms with Crippen LogP contribution >= 0.6 is 22.9 Å². The lowest BCUT2D eigenvalue weighted by Gasteiger charge is -2.15. The monoisotopic (exact) mass is 252 g/mol. The van der Waals surface area contributed by atoms with Crippen molar-refractivity contribution < 1.29 is 0 Å². The maximum Gasteiger partial charge on any atom is 0.0795 e. The molecule has 16 heavy (non-hydrogen) atoms. The Morgan fingerprint density at radius 2 is 2.25 bits per heavy atom. The number of benzene rings is 1. The molecule has 2 aromatic rings. The minimum atomic E-state index is 0.172. The number of halogens is 1. The molecule has 0 amide bonds. The minimum Gasteiger partial charge on any atom is -0.376 e. The van der Waals surface area contributed by atoms with E-state index < -0.39 is 0 Å². The average molecular weight is 253 g/mol. The van der Waals surface area contributed by atoms with Crippen molar-refractivity contribution in [2.24, 2.45) is 0 Å². The molecule has 1 aromatic heterocycles. The molecule has 1 unspecified atom stereocenters. The van der Waals surface area contributed by atoms with E-state index in [1.165, 1.54) is 0 Å². The smallest absolute Gasteiger partial charge is 0.0795 e. The molecule has 1 heterocycles. The van der Waals surface area contributed by atoms with Crippen LogP contribution in [0.2, 0.25) is 5.02 Å². The highest BCUT2D eigenvalue weighted by molar-refractivity contribution is 7.07. The summed E-state index contributed by atoms with van der Waals surface area (Å²) < 4.78 is 0. The van der Waals surface area contributed by atoms with Crippen LogP contribution in [0, 0.1) is 6.92 Å². The van der Waals surface area contributed by atoms with E-state index in [0.29, 0.717) is 0 Å². The Morgan fingerprint density at radius 3 is 2.94 bits per heavy atom. The van der Waals surface area contributed by atoms with Gasteiger partial charge in [0.2, 0.25) is 0 Å². The van der Waals surface area contributed by atoms with Gasteiger partial charge in [0.1, 0.15) is 0 Å². The molecule has 1 N–H and O–H groups in total. The zero-order valence-corrected chi connectivity index (χ0v) is 10.8. The molecular weight excluding hydrogens is 240 g/mol. The molecule has 0 saturated carbocycles. The second kappa shape index (κ2) is 4.85.